The third-order valence-corrected chi connectivity index (χ3v) is 4.89. The monoisotopic (exact) mass is 381 g/mol. The molecule has 2 heterocycles. The van der Waals surface area contributed by atoms with Crippen molar-refractivity contribution in [2.45, 2.75) is 33.1 Å². The number of carbonyl (C=O) groups excluding carboxylic acids is 2. The van der Waals surface area contributed by atoms with Crippen LogP contribution in [0.3, 0.4) is 0 Å². The number of benzene rings is 1. The van der Waals surface area contributed by atoms with Gasteiger partial charge >= 0.3 is 0 Å². The molecule has 7 nitrogen and oxygen atoms in total. The Bertz CT molecular complexity index is 850. The maximum atomic E-state index is 12.6. The summed E-state index contributed by atoms with van der Waals surface area (Å²) < 4.78 is 0. The van der Waals surface area contributed by atoms with Crippen LogP contribution in [0.2, 0.25) is 0 Å². The Labute approximate surface area is 165 Å². The Kier molecular flexibility index (Phi) is 5.63. The number of anilines is 2. The Hall–Kier alpha value is -2.96. The van der Waals surface area contributed by atoms with Gasteiger partial charge in [0.15, 0.2) is 11.5 Å². The van der Waals surface area contributed by atoms with Crippen molar-refractivity contribution in [1.29, 1.82) is 0 Å². The topological polar surface area (TPSA) is 78.4 Å². The molecule has 0 saturated carbocycles. The first kappa shape index (κ1) is 19.8. The molecule has 0 bridgehead atoms. The number of hydrogen-bond donors (Lipinski definition) is 1. The molecule has 1 aliphatic rings. The number of carbonyl (C=O) groups is 2. The lowest BCUT2D eigenvalue weighted by Crippen LogP contribution is -2.50. The summed E-state index contributed by atoms with van der Waals surface area (Å²) in [6, 6.07) is 11.6. The van der Waals surface area contributed by atoms with Crippen molar-refractivity contribution >= 4 is 23.3 Å². The molecular formula is C21H27N5O2. The number of hydrogen-bond acceptors (Lipinski definition) is 5. The summed E-state index contributed by atoms with van der Waals surface area (Å²) in [5.74, 6) is 0.477. The van der Waals surface area contributed by atoms with Crippen LogP contribution in [0.15, 0.2) is 36.4 Å². The molecule has 2 aromatic rings. The molecular weight excluding hydrogens is 354 g/mol. The molecule has 0 unspecified atom stereocenters. The van der Waals surface area contributed by atoms with E-state index in [4.69, 9.17) is 0 Å². The zero-order valence-electron chi connectivity index (χ0n) is 16.9. The predicted molar refractivity (Wildman–Crippen MR) is 109 cm³/mol. The lowest BCUT2D eigenvalue weighted by Gasteiger charge is -2.33. The number of para-hydroxylation sites is 1. The van der Waals surface area contributed by atoms with Crippen molar-refractivity contribution in [3.05, 3.63) is 47.7 Å². The van der Waals surface area contributed by atoms with Crippen molar-refractivity contribution < 1.29 is 9.59 Å². The summed E-state index contributed by atoms with van der Waals surface area (Å²) in [7, 11) is 0. The molecule has 0 aliphatic carbocycles. The molecule has 1 fully saturated rings. The van der Waals surface area contributed by atoms with Crippen LogP contribution in [0.25, 0.3) is 0 Å². The van der Waals surface area contributed by atoms with Gasteiger partial charge in [-0.2, -0.15) is 0 Å². The fraction of sp³-hybridized carbons (Fsp3) is 0.429. The summed E-state index contributed by atoms with van der Waals surface area (Å²) in [6.07, 6.45) is 0. The molecule has 0 radical (unpaired) electrons. The lowest BCUT2D eigenvalue weighted by molar-refractivity contribution is -0.130. The summed E-state index contributed by atoms with van der Waals surface area (Å²) in [4.78, 5) is 27.5. The van der Waals surface area contributed by atoms with Gasteiger partial charge in [-0.15, -0.1) is 10.2 Å². The maximum absolute atomic E-state index is 12.6. The van der Waals surface area contributed by atoms with Gasteiger partial charge in [0.1, 0.15) is 0 Å². The standard InChI is InChI=1S/C21H27N5O2/c1-15(27)25-11-13-26(14-12-25)20(28)18-9-10-19(24-23-18)22-17-8-6-5-7-16(17)21(2,3)4/h5-10H,11-14H2,1-4H3,(H,22,24). The van der Waals surface area contributed by atoms with Gasteiger partial charge in [-0.05, 0) is 29.2 Å². The minimum atomic E-state index is -0.155. The predicted octanol–water partition coefficient (Wildman–Crippen LogP) is 2.82. The summed E-state index contributed by atoms with van der Waals surface area (Å²) in [5.41, 5.74) is 2.46. The van der Waals surface area contributed by atoms with Gasteiger partial charge in [0.25, 0.3) is 5.91 Å². The highest BCUT2D eigenvalue weighted by Gasteiger charge is 2.24. The Balaban J connectivity index is 1.68. The van der Waals surface area contributed by atoms with Gasteiger partial charge in [-0.3, -0.25) is 9.59 Å². The number of nitrogens with one attached hydrogen (secondary N) is 1. The first-order valence-electron chi connectivity index (χ1n) is 9.51. The molecule has 3 rings (SSSR count). The number of aromatic nitrogens is 2. The zero-order chi connectivity index (χ0) is 20.3. The molecule has 148 valence electrons. The first-order valence-corrected chi connectivity index (χ1v) is 9.51. The number of amides is 2. The van der Waals surface area contributed by atoms with E-state index in [0.29, 0.717) is 37.7 Å². The van der Waals surface area contributed by atoms with Crippen molar-refractivity contribution in [1.82, 2.24) is 20.0 Å². The highest BCUT2D eigenvalue weighted by molar-refractivity contribution is 5.92. The Morgan fingerprint density at radius 3 is 2.14 bits per heavy atom. The third kappa shape index (κ3) is 4.47. The van der Waals surface area contributed by atoms with Gasteiger partial charge in [-0.1, -0.05) is 39.0 Å². The van der Waals surface area contributed by atoms with E-state index in [0.717, 1.165) is 5.69 Å². The zero-order valence-corrected chi connectivity index (χ0v) is 16.9. The van der Waals surface area contributed by atoms with E-state index < -0.39 is 0 Å². The van der Waals surface area contributed by atoms with Crippen LogP contribution < -0.4 is 5.32 Å². The molecule has 0 atom stereocenters. The minimum Gasteiger partial charge on any atom is -0.339 e. The van der Waals surface area contributed by atoms with E-state index in [9.17, 15) is 9.59 Å². The van der Waals surface area contributed by atoms with Crippen molar-refractivity contribution in [3.63, 3.8) is 0 Å². The van der Waals surface area contributed by atoms with Gasteiger partial charge in [-0.25, -0.2) is 0 Å². The Morgan fingerprint density at radius 2 is 1.57 bits per heavy atom. The van der Waals surface area contributed by atoms with Crippen LogP contribution in [0.1, 0.15) is 43.7 Å². The summed E-state index contributed by atoms with van der Waals surface area (Å²) in [6.45, 7) is 10.2. The summed E-state index contributed by atoms with van der Waals surface area (Å²) in [5, 5.41) is 11.6. The molecule has 1 aromatic carbocycles. The van der Waals surface area contributed by atoms with Crippen molar-refractivity contribution in [2.24, 2.45) is 0 Å². The van der Waals surface area contributed by atoms with E-state index in [1.54, 1.807) is 28.9 Å². The highest BCUT2D eigenvalue weighted by atomic mass is 16.2. The molecule has 1 aromatic heterocycles. The van der Waals surface area contributed by atoms with Gasteiger partial charge < -0.3 is 15.1 Å². The van der Waals surface area contributed by atoms with Crippen LogP contribution in [-0.2, 0) is 10.2 Å². The van der Waals surface area contributed by atoms with Gasteiger partial charge in [0.2, 0.25) is 5.91 Å². The largest absolute Gasteiger partial charge is 0.339 e. The first-order chi connectivity index (χ1) is 13.3. The van der Waals surface area contributed by atoms with E-state index in [2.05, 4.69) is 42.4 Å². The normalized spacial score (nSPS) is 14.7. The smallest absolute Gasteiger partial charge is 0.274 e. The van der Waals surface area contributed by atoms with E-state index in [-0.39, 0.29) is 17.2 Å². The fourth-order valence-electron chi connectivity index (χ4n) is 3.28. The molecule has 1 aliphatic heterocycles. The second kappa shape index (κ2) is 7.96. The quantitative estimate of drug-likeness (QED) is 0.884. The van der Waals surface area contributed by atoms with E-state index in [1.165, 1.54) is 5.56 Å². The van der Waals surface area contributed by atoms with Gasteiger partial charge in [0.05, 0.1) is 0 Å². The van der Waals surface area contributed by atoms with Crippen LogP contribution in [0.5, 0.6) is 0 Å². The third-order valence-electron chi connectivity index (χ3n) is 4.89. The van der Waals surface area contributed by atoms with Crippen LogP contribution in [0.4, 0.5) is 11.5 Å². The molecule has 28 heavy (non-hydrogen) atoms. The molecule has 1 N–H and O–H groups in total. The SMILES string of the molecule is CC(=O)N1CCN(C(=O)c2ccc(Nc3ccccc3C(C)(C)C)nn2)CC1. The van der Waals surface area contributed by atoms with Crippen LogP contribution in [0, 0.1) is 0 Å². The Morgan fingerprint density at radius 1 is 0.929 bits per heavy atom. The molecule has 1 saturated heterocycles. The highest BCUT2D eigenvalue weighted by Crippen LogP contribution is 2.30. The molecule has 7 heteroatoms. The number of nitrogens with zero attached hydrogens (tertiary/aromatic N) is 4. The fourth-order valence-corrected chi connectivity index (χ4v) is 3.28. The number of rotatable bonds is 3. The summed E-state index contributed by atoms with van der Waals surface area (Å²) >= 11 is 0. The second-order valence-electron chi connectivity index (χ2n) is 8.02. The van der Waals surface area contributed by atoms with Crippen LogP contribution >= 0.6 is 0 Å². The van der Waals surface area contributed by atoms with Gasteiger partial charge in [0, 0.05) is 38.8 Å². The molecule has 2 amide bonds. The van der Waals surface area contributed by atoms with Crippen molar-refractivity contribution in [3.8, 4) is 0 Å². The number of piperazine rings is 1. The molecule has 0 spiro atoms. The van der Waals surface area contributed by atoms with Crippen molar-refractivity contribution in [2.75, 3.05) is 31.5 Å². The maximum Gasteiger partial charge on any atom is 0.274 e. The second-order valence-corrected chi connectivity index (χ2v) is 8.02. The van der Waals surface area contributed by atoms with E-state index >= 15 is 0 Å². The minimum absolute atomic E-state index is 0.00501. The average molecular weight is 381 g/mol. The van der Waals surface area contributed by atoms with E-state index in [1.807, 2.05) is 18.2 Å². The van der Waals surface area contributed by atoms with Crippen LogP contribution in [-0.4, -0.2) is 58.0 Å². The lowest BCUT2D eigenvalue weighted by atomic mass is 9.86. The average Bonchev–Trinajstić information content (AvgIpc) is 2.68.